The highest BCUT2D eigenvalue weighted by atomic mass is 15.2. The van der Waals surface area contributed by atoms with Crippen LogP contribution in [0.25, 0.3) is 10.4 Å². The maximum absolute atomic E-state index is 8.41. The molecule has 0 aliphatic carbocycles. The maximum Gasteiger partial charge on any atom is 0.0375 e. The van der Waals surface area contributed by atoms with E-state index in [0.29, 0.717) is 11.2 Å². The Kier molecular flexibility index (Phi) is 5.27. The molecule has 4 heteroatoms. The van der Waals surface area contributed by atoms with E-state index in [2.05, 4.69) is 47.8 Å². The van der Waals surface area contributed by atoms with Crippen molar-refractivity contribution in [1.82, 2.24) is 4.90 Å². The van der Waals surface area contributed by atoms with E-state index < -0.39 is 0 Å². The lowest BCUT2D eigenvalue weighted by Crippen LogP contribution is -2.47. The molecule has 4 nitrogen and oxygen atoms in total. The quantitative estimate of drug-likeness (QED) is 0.423. The molecule has 0 bridgehead atoms. The van der Waals surface area contributed by atoms with Crippen LogP contribution in [0, 0.1) is 5.92 Å². The van der Waals surface area contributed by atoms with Crippen LogP contribution in [-0.4, -0.2) is 23.5 Å². The first-order valence-corrected chi connectivity index (χ1v) is 7.94. The third-order valence-corrected chi connectivity index (χ3v) is 4.96. The molecule has 0 unspecified atom stereocenters. The molecule has 1 fully saturated rings. The summed E-state index contributed by atoms with van der Waals surface area (Å²) >= 11 is 0. The largest absolute Gasteiger partial charge is 0.298 e. The highest BCUT2D eigenvalue weighted by molar-refractivity contribution is 5.38. The molecule has 1 heterocycles. The second-order valence-corrected chi connectivity index (χ2v) is 6.66. The minimum absolute atomic E-state index is 0.335. The predicted molar refractivity (Wildman–Crippen MR) is 87.6 cm³/mol. The van der Waals surface area contributed by atoms with E-state index in [4.69, 9.17) is 5.53 Å². The Morgan fingerprint density at radius 2 is 1.86 bits per heavy atom. The molecule has 21 heavy (non-hydrogen) atoms. The fourth-order valence-corrected chi connectivity index (χ4v) is 3.05. The molecule has 2 rings (SSSR count). The van der Waals surface area contributed by atoms with Crippen LogP contribution < -0.4 is 0 Å². The van der Waals surface area contributed by atoms with Crippen LogP contribution >= 0.6 is 0 Å². The van der Waals surface area contributed by atoms with Crippen molar-refractivity contribution in [2.45, 2.75) is 52.0 Å². The number of azide groups is 1. The standard InChI is InChI=1S/C17H26N4/c1-4-17(2,3)21-11-9-15(10-12-21)13-14-5-7-16(8-6-14)19-20-18/h5-8,15H,4,9-13H2,1-3H3. The fraction of sp³-hybridized carbons (Fsp3) is 0.647. The summed E-state index contributed by atoms with van der Waals surface area (Å²) in [5, 5.41) is 3.61. The molecule has 1 aromatic rings. The Hall–Kier alpha value is -1.51. The zero-order chi connectivity index (χ0) is 15.3. The summed E-state index contributed by atoms with van der Waals surface area (Å²) < 4.78 is 0. The van der Waals surface area contributed by atoms with Gasteiger partial charge in [-0.1, -0.05) is 36.3 Å². The first-order valence-electron chi connectivity index (χ1n) is 7.94. The summed E-state index contributed by atoms with van der Waals surface area (Å²) in [5.74, 6) is 0.777. The number of nitrogens with zero attached hydrogens (tertiary/aromatic N) is 4. The highest BCUT2D eigenvalue weighted by Crippen LogP contribution is 2.28. The van der Waals surface area contributed by atoms with Gasteiger partial charge < -0.3 is 0 Å². The molecule has 1 saturated heterocycles. The van der Waals surface area contributed by atoms with Crippen molar-refractivity contribution in [3.05, 3.63) is 40.3 Å². The third kappa shape index (κ3) is 4.23. The number of hydrogen-bond acceptors (Lipinski definition) is 2. The second-order valence-electron chi connectivity index (χ2n) is 6.66. The van der Waals surface area contributed by atoms with Crippen molar-refractivity contribution in [3.63, 3.8) is 0 Å². The Morgan fingerprint density at radius 3 is 2.38 bits per heavy atom. The third-order valence-electron chi connectivity index (χ3n) is 4.96. The van der Waals surface area contributed by atoms with Gasteiger partial charge in [0.15, 0.2) is 0 Å². The van der Waals surface area contributed by atoms with Gasteiger partial charge in [-0.2, -0.15) is 0 Å². The summed E-state index contributed by atoms with van der Waals surface area (Å²) in [7, 11) is 0. The van der Waals surface area contributed by atoms with Gasteiger partial charge in [-0.05, 0) is 69.6 Å². The van der Waals surface area contributed by atoms with Crippen LogP contribution in [0.1, 0.15) is 45.6 Å². The Morgan fingerprint density at radius 1 is 1.24 bits per heavy atom. The predicted octanol–water partition coefficient (Wildman–Crippen LogP) is 5.07. The molecule has 0 atom stereocenters. The van der Waals surface area contributed by atoms with Crippen molar-refractivity contribution in [2.75, 3.05) is 13.1 Å². The number of hydrogen-bond donors (Lipinski definition) is 0. The number of benzene rings is 1. The van der Waals surface area contributed by atoms with Gasteiger partial charge in [0.25, 0.3) is 0 Å². The summed E-state index contributed by atoms with van der Waals surface area (Å²) in [6.45, 7) is 9.39. The van der Waals surface area contributed by atoms with Gasteiger partial charge in [-0.15, -0.1) is 0 Å². The van der Waals surface area contributed by atoms with E-state index in [1.807, 2.05) is 12.1 Å². The molecular weight excluding hydrogens is 260 g/mol. The van der Waals surface area contributed by atoms with E-state index in [-0.39, 0.29) is 0 Å². The van der Waals surface area contributed by atoms with E-state index >= 15 is 0 Å². The summed E-state index contributed by atoms with van der Waals surface area (Å²) in [4.78, 5) is 5.44. The number of piperidine rings is 1. The molecule has 1 aromatic carbocycles. The molecule has 114 valence electrons. The molecule has 0 aromatic heterocycles. The van der Waals surface area contributed by atoms with Gasteiger partial charge in [0.05, 0.1) is 0 Å². The summed E-state index contributed by atoms with van der Waals surface area (Å²) in [5.41, 5.74) is 10.8. The Labute approximate surface area is 127 Å². The summed E-state index contributed by atoms with van der Waals surface area (Å²) in [6.07, 6.45) is 4.90. The lowest BCUT2D eigenvalue weighted by atomic mass is 9.87. The average Bonchev–Trinajstić information content (AvgIpc) is 2.50. The monoisotopic (exact) mass is 286 g/mol. The van der Waals surface area contributed by atoms with Crippen LogP contribution in [0.4, 0.5) is 5.69 Å². The summed E-state index contributed by atoms with van der Waals surface area (Å²) in [6, 6.07) is 7.99. The highest BCUT2D eigenvalue weighted by Gasteiger charge is 2.28. The zero-order valence-electron chi connectivity index (χ0n) is 13.4. The molecule has 0 saturated carbocycles. The van der Waals surface area contributed by atoms with E-state index in [0.717, 1.165) is 12.3 Å². The van der Waals surface area contributed by atoms with E-state index in [1.165, 1.54) is 37.9 Å². The molecule has 1 aliphatic heterocycles. The first-order chi connectivity index (χ1) is 10.0. The molecule has 1 aliphatic rings. The Balaban J connectivity index is 1.87. The first kappa shape index (κ1) is 15.9. The maximum atomic E-state index is 8.41. The zero-order valence-corrected chi connectivity index (χ0v) is 13.4. The van der Waals surface area contributed by atoms with Gasteiger partial charge in [-0.3, -0.25) is 4.90 Å². The van der Waals surface area contributed by atoms with Crippen molar-refractivity contribution < 1.29 is 0 Å². The van der Waals surface area contributed by atoms with Gasteiger partial charge in [-0.25, -0.2) is 0 Å². The van der Waals surface area contributed by atoms with Crippen molar-refractivity contribution in [1.29, 1.82) is 0 Å². The van der Waals surface area contributed by atoms with Crippen molar-refractivity contribution >= 4 is 5.69 Å². The minimum Gasteiger partial charge on any atom is -0.298 e. The van der Waals surface area contributed by atoms with Crippen LogP contribution in [-0.2, 0) is 6.42 Å². The topological polar surface area (TPSA) is 52.0 Å². The average molecular weight is 286 g/mol. The fourth-order valence-electron chi connectivity index (χ4n) is 3.05. The van der Waals surface area contributed by atoms with Crippen LogP contribution in [0.2, 0.25) is 0 Å². The van der Waals surface area contributed by atoms with Crippen LogP contribution in [0.5, 0.6) is 0 Å². The van der Waals surface area contributed by atoms with Gasteiger partial charge >= 0.3 is 0 Å². The van der Waals surface area contributed by atoms with Gasteiger partial charge in [0, 0.05) is 16.1 Å². The Bertz CT molecular complexity index is 492. The van der Waals surface area contributed by atoms with E-state index in [1.54, 1.807) is 0 Å². The molecule has 0 N–H and O–H groups in total. The normalized spacial score (nSPS) is 17.5. The second kappa shape index (κ2) is 6.97. The van der Waals surface area contributed by atoms with E-state index in [9.17, 15) is 0 Å². The van der Waals surface area contributed by atoms with Gasteiger partial charge in [0.2, 0.25) is 0 Å². The molecule has 0 amide bonds. The molecule has 0 spiro atoms. The SMILES string of the molecule is CCC(C)(C)N1CCC(Cc2ccc(N=[N+]=[N-])cc2)CC1. The van der Waals surface area contributed by atoms with Crippen molar-refractivity contribution in [2.24, 2.45) is 11.0 Å². The van der Waals surface area contributed by atoms with Crippen LogP contribution in [0.3, 0.4) is 0 Å². The molecule has 0 radical (unpaired) electrons. The smallest absolute Gasteiger partial charge is 0.0375 e. The van der Waals surface area contributed by atoms with Crippen molar-refractivity contribution in [3.8, 4) is 0 Å². The van der Waals surface area contributed by atoms with Gasteiger partial charge in [0.1, 0.15) is 0 Å². The minimum atomic E-state index is 0.335. The molecular formula is C17H26N4. The lowest BCUT2D eigenvalue weighted by molar-refractivity contribution is 0.0719. The number of likely N-dealkylation sites (tertiary alicyclic amines) is 1. The lowest BCUT2D eigenvalue weighted by Gasteiger charge is -2.42. The van der Waals surface area contributed by atoms with Crippen LogP contribution in [0.15, 0.2) is 29.4 Å². The number of rotatable bonds is 5.